The summed E-state index contributed by atoms with van der Waals surface area (Å²) in [5, 5.41) is 9.26. The minimum Gasteiger partial charge on any atom is -0.493 e. The maximum absolute atomic E-state index is 14.0. The highest BCUT2D eigenvalue weighted by Gasteiger charge is 2.34. The number of rotatable bonds is 11. The van der Waals surface area contributed by atoms with Gasteiger partial charge in [0.05, 0.1) is 55.3 Å². The van der Waals surface area contributed by atoms with Crippen molar-refractivity contribution in [2.24, 2.45) is 4.99 Å². The van der Waals surface area contributed by atoms with Gasteiger partial charge in [0.25, 0.3) is 5.56 Å². The van der Waals surface area contributed by atoms with Crippen molar-refractivity contribution in [3.05, 3.63) is 114 Å². The van der Waals surface area contributed by atoms with Crippen molar-refractivity contribution in [3.8, 4) is 23.0 Å². The van der Waals surface area contributed by atoms with Gasteiger partial charge in [0.15, 0.2) is 27.8 Å². The molecular formula is C34H32N2O9S. The van der Waals surface area contributed by atoms with Crippen molar-refractivity contribution in [1.82, 2.24) is 4.57 Å². The third kappa shape index (κ3) is 6.38. The van der Waals surface area contributed by atoms with Gasteiger partial charge in [-0.3, -0.25) is 9.36 Å². The molecule has 0 bridgehead atoms. The number of carbonyl (C=O) groups excluding carboxylic acids is 1. The Labute approximate surface area is 268 Å². The van der Waals surface area contributed by atoms with Crippen LogP contribution in [-0.2, 0) is 16.1 Å². The number of carboxylic acid groups (broad SMARTS) is 1. The first-order valence-electron chi connectivity index (χ1n) is 14.2. The first-order valence-corrected chi connectivity index (χ1v) is 15.0. The molecule has 238 valence electrons. The number of hydrogen-bond donors (Lipinski definition) is 1. The molecule has 0 spiro atoms. The van der Waals surface area contributed by atoms with E-state index in [0.717, 1.165) is 0 Å². The van der Waals surface area contributed by atoms with E-state index in [-0.39, 0.29) is 29.9 Å². The zero-order chi connectivity index (χ0) is 33.0. The average Bonchev–Trinajstić information content (AvgIpc) is 3.36. The summed E-state index contributed by atoms with van der Waals surface area (Å²) in [4.78, 5) is 43.6. The summed E-state index contributed by atoms with van der Waals surface area (Å²) in [6.07, 6.45) is 1.72. The number of allylic oxidation sites excluding steroid dienone is 1. The number of hydrogen-bond acceptors (Lipinski definition) is 10. The maximum atomic E-state index is 14.0. The third-order valence-electron chi connectivity index (χ3n) is 7.29. The molecule has 2 heterocycles. The lowest BCUT2D eigenvalue weighted by atomic mass is 9.95. The second-order valence-corrected chi connectivity index (χ2v) is 11.1. The molecule has 0 aliphatic carbocycles. The molecule has 46 heavy (non-hydrogen) atoms. The van der Waals surface area contributed by atoms with Gasteiger partial charge in [0.1, 0.15) is 6.61 Å². The Kier molecular flexibility index (Phi) is 9.57. The van der Waals surface area contributed by atoms with E-state index in [1.807, 2.05) is 0 Å². The molecule has 3 aromatic carbocycles. The van der Waals surface area contributed by atoms with E-state index in [2.05, 4.69) is 4.99 Å². The Morgan fingerprint density at radius 1 is 0.957 bits per heavy atom. The van der Waals surface area contributed by atoms with E-state index in [1.165, 1.54) is 43.3 Å². The standard InChI is InChI=1S/C34H32N2O9S/c1-6-44-33(40)29-19(2)35-34-36(30(29)22-11-13-24(41-3)27(17-22)43-5)31(37)28(46-34)16-20-10-12-25(26(15-20)42-4)45-18-21-8-7-9-23(14-21)32(38)39/h7-17,30H,6,18H2,1-5H3,(H,38,39)/t30-/m1/s1. The van der Waals surface area contributed by atoms with Crippen LogP contribution in [0.15, 0.2) is 81.7 Å². The highest BCUT2D eigenvalue weighted by molar-refractivity contribution is 7.07. The van der Waals surface area contributed by atoms with Crippen LogP contribution >= 0.6 is 11.3 Å². The van der Waals surface area contributed by atoms with Crippen molar-refractivity contribution >= 4 is 29.4 Å². The fourth-order valence-corrected chi connectivity index (χ4v) is 6.18. The van der Waals surface area contributed by atoms with Crippen LogP contribution in [0.1, 0.15) is 46.9 Å². The van der Waals surface area contributed by atoms with Crippen LogP contribution in [0.4, 0.5) is 0 Å². The van der Waals surface area contributed by atoms with Crippen LogP contribution in [0.25, 0.3) is 6.08 Å². The smallest absolute Gasteiger partial charge is 0.338 e. The first-order chi connectivity index (χ1) is 22.2. The summed E-state index contributed by atoms with van der Waals surface area (Å²) in [5.41, 5.74) is 2.52. The molecule has 0 amide bonds. The first kappa shape index (κ1) is 32.0. The summed E-state index contributed by atoms with van der Waals surface area (Å²) in [6, 6.07) is 16.2. The molecule has 0 fully saturated rings. The molecule has 1 atom stereocenters. The molecule has 5 rings (SSSR count). The molecule has 4 aromatic rings. The minimum absolute atomic E-state index is 0.133. The molecule has 0 radical (unpaired) electrons. The van der Waals surface area contributed by atoms with E-state index in [1.54, 1.807) is 74.5 Å². The van der Waals surface area contributed by atoms with Crippen LogP contribution in [0.3, 0.4) is 0 Å². The van der Waals surface area contributed by atoms with Crippen molar-refractivity contribution in [2.45, 2.75) is 26.5 Å². The van der Waals surface area contributed by atoms with Gasteiger partial charge in [-0.15, -0.1) is 0 Å². The van der Waals surface area contributed by atoms with Crippen molar-refractivity contribution in [3.63, 3.8) is 0 Å². The van der Waals surface area contributed by atoms with Crippen LogP contribution in [0, 0.1) is 0 Å². The fourth-order valence-electron chi connectivity index (χ4n) is 5.13. The SMILES string of the molecule is CCOC(=O)C1=C(C)N=c2sc(=Cc3ccc(OCc4cccc(C(=O)O)c4)c(OC)c3)c(=O)n2[C@@H]1c1ccc(OC)c(OC)c1. The maximum Gasteiger partial charge on any atom is 0.338 e. The molecule has 1 aromatic heterocycles. The topological polar surface area (TPSA) is 135 Å². The number of ether oxygens (including phenoxy) is 5. The number of benzene rings is 3. The summed E-state index contributed by atoms with van der Waals surface area (Å²) in [6.45, 7) is 3.73. The number of methoxy groups -OCH3 is 3. The predicted molar refractivity (Wildman–Crippen MR) is 171 cm³/mol. The highest BCUT2D eigenvalue weighted by atomic mass is 32.1. The number of esters is 1. The van der Waals surface area contributed by atoms with E-state index < -0.39 is 18.0 Å². The molecule has 0 saturated carbocycles. The monoisotopic (exact) mass is 644 g/mol. The van der Waals surface area contributed by atoms with E-state index in [4.69, 9.17) is 23.7 Å². The molecule has 0 unspecified atom stereocenters. The Bertz CT molecular complexity index is 2030. The molecule has 11 nitrogen and oxygen atoms in total. The van der Waals surface area contributed by atoms with E-state index in [0.29, 0.717) is 54.7 Å². The van der Waals surface area contributed by atoms with Gasteiger partial charge in [0.2, 0.25) is 0 Å². The largest absolute Gasteiger partial charge is 0.493 e. The van der Waals surface area contributed by atoms with Crippen LogP contribution in [-0.4, -0.2) is 49.5 Å². The molecule has 1 N–H and O–H groups in total. The summed E-state index contributed by atoms with van der Waals surface area (Å²) < 4.78 is 29.7. The summed E-state index contributed by atoms with van der Waals surface area (Å²) in [7, 11) is 4.55. The lowest BCUT2D eigenvalue weighted by Gasteiger charge is -2.25. The van der Waals surface area contributed by atoms with Gasteiger partial charge in [-0.1, -0.05) is 35.6 Å². The summed E-state index contributed by atoms with van der Waals surface area (Å²) in [5.74, 6) is 0.255. The molecule has 0 saturated heterocycles. The van der Waals surface area contributed by atoms with Crippen LogP contribution in [0.5, 0.6) is 23.0 Å². The quantitative estimate of drug-likeness (QED) is 0.240. The van der Waals surface area contributed by atoms with Crippen LogP contribution < -0.4 is 33.8 Å². The average molecular weight is 645 g/mol. The Hall–Kier alpha value is -5.36. The molecule has 12 heteroatoms. The number of carbonyl (C=O) groups is 2. The Morgan fingerprint density at radius 3 is 2.37 bits per heavy atom. The van der Waals surface area contributed by atoms with Crippen LogP contribution in [0.2, 0.25) is 0 Å². The molecule has 1 aliphatic heterocycles. The minimum atomic E-state index is -1.02. The van der Waals surface area contributed by atoms with Crippen molar-refractivity contribution in [1.29, 1.82) is 0 Å². The van der Waals surface area contributed by atoms with Gasteiger partial charge in [-0.25, -0.2) is 14.6 Å². The van der Waals surface area contributed by atoms with Crippen molar-refractivity contribution < 1.29 is 38.4 Å². The van der Waals surface area contributed by atoms with E-state index >= 15 is 0 Å². The lowest BCUT2D eigenvalue weighted by molar-refractivity contribution is -0.139. The van der Waals surface area contributed by atoms with Crippen molar-refractivity contribution in [2.75, 3.05) is 27.9 Å². The number of nitrogens with zero attached hydrogens (tertiary/aromatic N) is 2. The Morgan fingerprint density at radius 2 is 1.67 bits per heavy atom. The molecular weight excluding hydrogens is 612 g/mol. The summed E-state index contributed by atoms with van der Waals surface area (Å²) >= 11 is 1.20. The molecule has 1 aliphatic rings. The Balaban J connectivity index is 1.54. The third-order valence-corrected chi connectivity index (χ3v) is 8.28. The van der Waals surface area contributed by atoms with Gasteiger partial charge in [-0.2, -0.15) is 0 Å². The second-order valence-electron chi connectivity index (χ2n) is 10.1. The number of carboxylic acids is 1. The number of thiazole rings is 1. The number of aromatic carboxylic acids is 1. The van der Waals surface area contributed by atoms with Gasteiger partial charge >= 0.3 is 11.9 Å². The fraction of sp³-hybridized carbons (Fsp3) is 0.235. The van der Waals surface area contributed by atoms with Gasteiger partial charge in [0, 0.05) is 0 Å². The van der Waals surface area contributed by atoms with E-state index in [9.17, 15) is 19.5 Å². The zero-order valence-corrected chi connectivity index (χ0v) is 26.7. The highest BCUT2D eigenvalue weighted by Crippen LogP contribution is 2.36. The lowest BCUT2D eigenvalue weighted by Crippen LogP contribution is -2.39. The normalized spacial score (nSPS) is 14.3. The second kappa shape index (κ2) is 13.7. The predicted octanol–water partition coefficient (Wildman–Crippen LogP) is 4.10. The van der Waals surface area contributed by atoms with Gasteiger partial charge < -0.3 is 28.8 Å². The van der Waals surface area contributed by atoms with Gasteiger partial charge in [-0.05, 0) is 73.0 Å². The number of aromatic nitrogens is 1. The zero-order valence-electron chi connectivity index (χ0n) is 25.9. The number of fused-ring (bicyclic) bond motifs is 1.